The lowest BCUT2D eigenvalue weighted by atomic mass is 10.4. The number of hydrogen-bond acceptors (Lipinski definition) is 6. The van der Waals surface area contributed by atoms with Crippen LogP contribution in [0.15, 0.2) is 24.4 Å². The molecule has 7 heteroatoms. The Bertz CT molecular complexity index is 489. The highest BCUT2D eigenvalue weighted by Gasteiger charge is 2.42. The van der Waals surface area contributed by atoms with Crippen molar-refractivity contribution in [2.45, 2.75) is 52.7 Å². The fraction of sp³-hybridized carbons (Fsp3) is 0.571. The standard InChI is InChI=1S/C14H22NO5P/c1-10(2)19-21(17,20-11(3)4)14(18-12(5)16)13-8-6-7-9-15-13/h6-11,14H,1-5H3/t14-/m1/s1. The number of esters is 1. The highest BCUT2D eigenvalue weighted by molar-refractivity contribution is 7.54. The Morgan fingerprint density at radius 2 is 1.71 bits per heavy atom. The molecule has 0 fully saturated rings. The maximum Gasteiger partial charge on any atom is 0.377 e. The van der Waals surface area contributed by atoms with E-state index in [0.29, 0.717) is 5.69 Å². The van der Waals surface area contributed by atoms with Gasteiger partial charge in [0.05, 0.1) is 17.9 Å². The molecule has 1 atom stereocenters. The topological polar surface area (TPSA) is 74.7 Å². The normalized spacial score (nSPS) is 13.5. The second-order valence-electron chi connectivity index (χ2n) is 5.06. The van der Waals surface area contributed by atoms with Crippen molar-refractivity contribution in [1.29, 1.82) is 0 Å². The van der Waals surface area contributed by atoms with Crippen molar-refractivity contribution in [3.8, 4) is 0 Å². The van der Waals surface area contributed by atoms with E-state index in [0.717, 1.165) is 0 Å². The Kier molecular flexibility index (Phi) is 6.52. The highest BCUT2D eigenvalue weighted by atomic mass is 31.2. The molecule has 0 aromatic carbocycles. The lowest BCUT2D eigenvalue weighted by Gasteiger charge is -2.28. The Morgan fingerprint density at radius 1 is 1.14 bits per heavy atom. The lowest BCUT2D eigenvalue weighted by Crippen LogP contribution is -2.18. The summed E-state index contributed by atoms with van der Waals surface area (Å²) >= 11 is 0. The van der Waals surface area contributed by atoms with Gasteiger partial charge in [-0.15, -0.1) is 0 Å². The van der Waals surface area contributed by atoms with Crippen LogP contribution in [-0.2, 0) is 23.1 Å². The molecule has 0 N–H and O–H groups in total. The van der Waals surface area contributed by atoms with Gasteiger partial charge in [-0.05, 0) is 39.8 Å². The van der Waals surface area contributed by atoms with Crippen LogP contribution in [0.4, 0.5) is 0 Å². The van der Waals surface area contributed by atoms with Crippen molar-refractivity contribution < 1.29 is 23.1 Å². The van der Waals surface area contributed by atoms with Crippen LogP contribution in [0.25, 0.3) is 0 Å². The van der Waals surface area contributed by atoms with Gasteiger partial charge < -0.3 is 13.8 Å². The number of aromatic nitrogens is 1. The van der Waals surface area contributed by atoms with Crippen LogP contribution < -0.4 is 0 Å². The third kappa shape index (κ3) is 5.58. The largest absolute Gasteiger partial charge is 0.443 e. The fourth-order valence-corrected chi connectivity index (χ4v) is 3.89. The van der Waals surface area contributed by atoms with E-state index in [9.17, 15) is 9.36 Å². The summed E-state index contributed by atoms with van der Waals surface area (Å²) in [4.78, 5) is 15.5. The van der Waals surface area contributed by atoms with Crippen molar-refractivity contribution in [2.24, 2.45) is 0 Å². The predicted molar refractivity (Wildman–Crippen MR) is 78.8 cm³/mol. The SMILES string of the molecule is CC(=O)O[C@@H](c1ccccn1)P(=O)(OC(C)C)OC(C)C. The molecule has 1 heterocycles. The number of ether oxygens (including phenoxy) is 1. The molecule has 0 saturated heterocycles. The van der Waals surface area contributed by atoms with Gasteiger partial charge in [-0.2, -0.15) is 0 Å². The van der Waals surface area contributed by atoms with Gasteiger partial charge in [0, 0.05) is 13.1 Å². The molecule has 0 bridgehead atoms. The van der Waals surface area contributed by atoms with Gasteiger partial charge in [0.1, 0.15) is 0 Å². The molecule has 118 valence electrons. The first-order chi connectivity index (χ1) is 9.74. The number of carbonyl (C=O) groups excluding carboxylic acids is 1. The van der Waals surface area contributed by atoms with E-state index in [1.54, 1.807) is 45.9 Å². The molecule has 0 radical (unpaired) electrons. The first-order valence-electron chi connectivity index (χ1n) is 6.79. The maximum absolute atomic E-state index is 13.1. The molecule has 21 heavy (non-hydrogen) atoms. The maximum atomic E-state index is 13.1. The summed E-state index contributed by atoms with van der Waals surface area (Å²) in [5, 5.41) is 0. The molecule has 1 aromatic heterocycles. The minimum absolute atomic E-state index is 0.331. The van der Waals surface area contributed by atoms with Crippen molar-refractivity contribution in [3.05, 3.63) is 30.1 Å². The summed E-state index contributed by atoms with van der Waals surface area (Å²) in [6.45, 7) is 8.18. The highest BCUT2D eigenvalue weighted by Crippen LogP contribution is 2.62. The van der Waals surface area contributed by atoms with E-state index < -0.39 is 19.4 Å². The number of hydrogen-bond donors (Lipinski definition) is 0. The first kappa shape index (κ1) is 17.8. The Labute approximate surface area is 125 Å². The van der Waals surface area contributed by atoms with Crippen molar-refractivity contribution >= 4 is 13.6 Å². The van der Waals surface area contributed by atoms with Crippen LogP contribution in [0.5, 0.6) is 0 Å². The quantitative estimate of drug-likeness (QED) is 0.564. The molecule has 0 aliphatic carbocycles. The minimum atomic E-state index is -3.72. The van der Waals surface area contributed by atoms with Crippen LogP contribution in [-0.4, -0.2) is 23.2 Å². The predicted octanol–water partition coefficient (Wildman–Crippen LogP) is 3.69. The average Bonchev–Trinajstić information content (AvgIpc) is 2.34. The van der Waals surface area contributed by atoms with Crippen molar-refractivity contribution in [3.63, 3.8) is 0 Å². The summed E-state index contributed by atoms with van der Waals surface area (Å²) in [5.41, 5.74) is 0.331. The van der Waals surface area contributed by atoms with Gasteiger partial charge in [0.15, 0.2) is 0 Å². The fourth-order valence-electron chi connectivity index (χ4n) is 1.69. The zero-order valence-corrected chi connectivity index (χ0v) is 13.9. The Hall–Kier alpha value is -1.23. The van der Waals surface area contributed by atoms with Gasteiger partial charge in [0.25, 0.3) is 0 Å². The third-order valence-electron chi connectivity index (χ3n) is 2.22. The van der Waals surface area contributed by atoms with Crippen molar-refractivity contribution in [2.75, 3.05) is 0 Å². The van der Waals surface area contributed by atoms with E-state index in [1.807, 2.05) is 0 Å². The zero-order chi connectivity index (χ0) is 16.0. The number of carbonyl (C=O) groups is 1. The Morgan fingerprint density at radius 3 is 2.10 bits per heavy atom. The van der Waals surface area contributed by atoms with E-state index in [-0.39, 0.29) is 12.2 Å². The molecule has 0 spiro atoms. The molecule has 0 unspecified atom stereocenters. The van der Waals surface area contributed by atoms with Gasteiger partial charge in [-0.3, -0.25) is 14.3 Å². The first-order valence-corrected chi connectivity index (χ1v) is 8.40. The second kappa shape index (κ2) is 7.69. The lowest BCUT2D eigenvalue weighted by molar-refractivity contribution is -0.144. The Balaban J connectivity index is 3.23. The van der Waals surface area contributed by atoms with Gasteiger partial charge in [-0.1, -0.05) is 6.07 Å². The molecular weight excluding hydrogens is 293 g/mol. The molecule has 0 amide bonds. The molecular formula is C14H22NO5P. The van der Waals surface area contributed by atoms with E-state index in [2.05, 4.69) is 4.98 Å². The van der Waals surface area contributed by atoms with Crippen LogP contribution in [0.1, 0.15) is 46.2 Å². The molecule has 1 rings (SSSR count). The smallest absolute Gasteiger partial charge is 0.377 e. The van der Waals surface area contributed by atoms with E-state index in [1.165, 1.54) is 13.1 Å². The molecule has 1 aromatic rings. The van der Waals surface area contributed by atoms with Crippen LogP contribution >= 0.6 is 7.60 Å². The molecule has 0 aliphatic rings. The summed E-state index contributed by atoms with van der Waals surface area (Å²) in [6.07, 6.45) is 0.827. The summed E-state index contributed by atoms with van der Waals surface area (Å²) in [5.74, 6) is -1.76. The zero-order valence-electron chi connectivity index (χ0n) is 13.0. The number of pyridine rings is 1. The number of rotatable bonds is 7. The van der Waals surface area contributed by atoms with Gasteiger partial charge in [-0.25, -0.2) is 0 Å². The summed E-state index contributed by atoms with van der Waals surface area (Å²) in [7, 11) is -3.72. The average molecular weight is 315 g/mol. The van der Waals surface area contributed by atoms with E-state index >= 15 is 0 Å². The van der Waals surface area contributed by atoms with Crippen LogP contribution in [0.3, 0.4) is 0 Å². The summed E-state index contributed by atoms with van der Waals surface area (Å²) < 4.78 is 29.3. The molecule has 0 aliphatic heterocycles. The van der Waals surface area contributed by atoms with Gasteiger partial charge in [0.2, 0.25) is 5.85 Å². The summed E-state index contributed by atoms with van der Waals surface area (Å²) in [6, 6.07) is 5.05. The minimum Gasteiger partial charge on any atom is -0.443 e. The van der Waals surface area contributed by atoms with Gasteiger partial charge >= 0.3 is 13.6 Å². The monoisotopic (exact) mass is 315 g/mol. The molecule has 6 nitrogen and oxygen atoms in total. The molecule has 0 saturated carbocycles. The third-order valence-corrected chi connectivity index (χ3v) is 4.60. The van der Waals surface area contributed by atoms with Crippen LogP contribution in [0, 0.1) is 0 Å². The second-order valence-corrected chi connectivity index (χ2v) is 7.03. The van der Waals surface area contributed by atoms with Crippen molar-refractivity contribution in [1.82, 2.24) is 4.98 Å². The number of nitrogens with zero attached hydrogens (tertiary/aromatic N) is 1. The van der Waals surface area contributed by atoms with Crippen LogP contribution in [0.2, 0.25) is 0 Å². The van der Waals surface area contributed by atoms with E-state index in [4.69, 9.17) is 13.8 Å².